The summed E-state index contributed by atoms with van der Waals surface area (Å²) >= 11 is 0. The van der Waals surface area contributed by atoms with Crippen molar-refractivity contribution in [3.05, 3.63) is 107 Å². The molecule has 72 heavy (non-hydrogen) atoms. The van der Waals surface area contributed by atoms with Crippen molar-refractivity contribution in [2.24, 2.45) is 16.6 Å². The second kappa shape index (κ2) is 23.3. The van der Waals surface area contributed by atoms with E-state index in [1.54, 1.807) is 41.5 Å². The first-order chi connectivity index (χ1) is 33.9. The van der Waals surface area contributed by atoms with Crippen molar-refractivity contribution in [2.45, 2.75) is 110 Å². The van der Waals surface area contributed by atoms with Crippen molar-refractivity contribution >= 4 is 65.4 Å². The minimum absolute atomic E-state index is 0.0124. The fourth-order valence-electron chi connectivity index (χ4n) is 8.57. The van der Waals surface area contributed by atoms with E-state index in [9.17, 15) is 42.9 Å². The van der Waals surface area contributed by atoms with Gasteiger partial charge in [-0.25, -0.2) is 0 Å². The van der Waals surface area contributed by atoms with Gasteiger partial charge in [-0.3, -0.25) is 52.0 Å². The zero-order chi connectivity index (χ0) is 52.5. The molecule has 2 saturated heterocycles. The van der Waals surface area contributed by atoms with Gasteiger partial charge < -0.3 is 40.6 Å². The molecule has 0 saturated carbocycles. The van der Waals surface area contributed by atoms with Gasteiger partial charge in [-0.1, -0.05) is 60.7 Å². The number of carbonyl (C=O) groups excluding carboxylic acids is 8. The predicted octanol–water partition coefficient (Wildman–Crippen LogP) is 5.96. The Morgan fingerprint density at radius 2 is 1.39 bits per heavy atom. The smallest absolute Gasteiger partial charge is 0.407 e. The summed E-state index contributed by atoms with van der Waals surface area (Å²) in [7, 11) is -3.02. The highest BCUT2D eigenvalue weighted by Crippen LogP contribution is 2.51. The Morgan fingerprint density at radius 3 is 1.94 bits per heavy atom. The molecule has 4 aromatic rings. The van der Waals surface area contributed by atoms with Gasteiger partial charge in [-0.15, -0.1) is 0 Å². The van der Waals surface area contributed by atoms with E-state index in [0.717, 1.165) is 11.1 Å². The lowest BCUT2D eigenvalue weighted by Gasteiger charge is -2.38. The summed E-state index contributed by atoms with van der Waals surface area (Å²) in [4.78, 5) is 114. The molecule has 19 nitrogen and oxygen atoms in total. The van der Waals surface area contributed by atoms with Crippen LogP contribution in [0.5, 0.6) is 0 Å². The number of aromatic amines is 1. The molecule has 0 unspecified atom stereocenters. The van der Waals surface area contributed by atoms with E-state index in [2.05, 4.69) is 15.6 Å². The lowest BCUT2D eigenvalue weighted by molar-refractivity contribution is -0.162. The third-order valence-corrected chi connectivity index (χ3v) is 14.3. The molecule has 4 amide bonds. The highest BCUT2D eigenvalue weighted by molar-refractivity contribution is 7.72. The van der Waals surface area contributed by atoms with Gasteiger partial charge in [0.15, 0.2) is 5.78 Å². The number of fused-ring (bicyclic) bond motifs is 2. The summed E-state index contributed by atoms with van der Waals surface area (Å²) < 4.78 is 34.8. The van der Waals surface area contributed by atoms with Crippen LogP contribution >= 0.6 is 7.60 Å². The standard InChI is InChI=1S/C52H65N6O13P/c1-51(2,3)49(65)68-30-70-72(67,71-31-69-50(66)52(4,5)6)48(64)34-18-20-38-35(26-34)27-40(54-38)45(61)56-41-29-57(7)25-24-36-19-22-42(58(36)47(41)63)46(62)55-39(21-23-44(53)60)43(59)28-37(32-14-10-8-11-15-32)33-16-12-9-13-17-33/h8-18,20,26-27,36-37,39,41-42,54H,19,21-25,28-31H2,1-7H3,(H2,53,60)(H,55,62)(H,56,61)/t36-,39+,41+,42+/m1/s1. The van der Waals surface area contributed by atoms with Crippen LogP contribution in [0.3, 0.4) is 0 Å². The monoisotopic (exact) mass is 1010 g/mol. The first kappa shape index (κ1) is 54.8. The Labute approximate surface area is 418 Å². The maximum atomic E-state index is 14.6. The number of nitrogens with zero attached hydrogens (tertiary/aromatic N) is 2. The number of esters is 2. The number of hydrogen-bond donors (Lipinski definition) is 4. The van der Waals surface area contributed by atoms with Gasteiger partial charge in [0.05, 0.1) is 16.9 Å². The highest BCUT2D eigenvalue weighted by Gasteiger charge is 2.46. The molecule has 3 heterocycles. The number of carbonyl (C=O) groups is 8. The minimum Gasteiger partial charge on any atom is -0.438 e. The van der Waals surface area contributed by atoms with Crippen LogP contribution < -0.4 is 16.4 Å². The van der Waals surface area contributed by atoms with Crippen molar-refractivity contribution < 1.29 is 61.4 Å². The Hall–Kier alpha value is -6.53. The van der Waals surface area contributed by atoms with Gasteiger partial charge in [0.1, 0.15) is 17.8 Å². The number of hydrogen-bond acceptors (Lipinski definition) is 14. The summed E-state index contributed by atoms with van der Waals surface area (Å²) in [5.74, 6) is -4.41. The maximum absolute atomic E-state index is 14.6. The van der Waals surface area contributed by atoms with E-state index >= 15 is 0 Å². The van der Waals surface area contributed by atoms with Crippen LogP contribution in [0, 0.1) is 10.8 Å². The number of nitrogens with one attached hydrogen (secondary N) is 3. The molecule has 6 rings (SSSR count). The minimum atomic E-state index is -4.85. The van der Waals surface area contributed by atoms with E-state index in [0.29, 0.717) is 36.7 Å². The first-order valence-corrected chi connectivity index (χ1v) is 25.4. The van der Waals surface area contributed by atoms with Gasteiger partial charge in [-0.2, -0.15) is 0 Å². The number of nitrogens with two attached hydrogens (primary N) is 1. The molecule has 3 aromatic carbocycles. The van der Waals surface area contributed by atoms with Gasteiger partial charge in [0, 0.05) is 47.8 Å². The SMILES string of the molecule is CN1CC[C@H]2CC[C@@H](C(=O)N[C@@H](CCC(N)=O)C(=O)CC(c3ccccc3)c3ccccc3)N2C(=O)[C@@H](NC(=O)c2cc3cc(C(=O)P(=O)(OCOC(=O)C(C)(C)C)OCOC(=O)C(C)(C)C)ccc3[nH]2)C1. The van der Waals surface area contributed by atoms with E-state index < -0.39 is 91.2 Å². The van der Waals surface area contributed by atoms with Gasteiger partial charge in [-0.05, 0) is 116 Å². The van der Waals surface area contributed by atoms with Crippen LogP contribution in [0.2, 0.25) is 0 Å². The summed E-state index contributed by atoms with van der Waals surface area (Å²) in [6.07, 6.45) is 1.19. The fraction of sp³-hybridized carbons (Fsp3) is 0.462. The number of rotatable bonds is 20. The molecule has 0 spiro atoms. The van der Waals surface area contributed by atoms with Crippen molar-refractivity contribution in [1.82, 2.24) is 25.4 Å². The Balaban J connectivity index is 1.18. The number of amides is 4. The molecule has 386 valence electrons. The van der Waals surface area contributed by atoms with Gasteiger partial charge in [0.25, 0.3) is 11.4 Å². The lowest BCUT2D eigenvalue weighted by atomic mass is 9.85. The normalized spacial score (nSPS) is 18.1. The number of ketones is 1. The summed E-state index contributed by atoms with van der Waals surface area (Å²) in [5.41, 5.74) is 4.53. The maximum Gasteiger partial charge on any atom is 0.407 e. The second-order valence-corrected chi connectivity index (χ2v) is 22.2. The van der Waals surface area contributed by atoms with Crippen LogP contribution in [0.15, 0.2) is 84.9 Å². The molecule has 5 N–H and O–H groups in total. The second-order valence-electron chi connectivity index (χ2n) is 20.3. The zero-order valence-corrected chi connectivity index (χ0v) is 42.7. The molecule has 0 bridgehead atoms. The molecule has 20 heteroatoms. The Morgan fingerprint density at radius 1 is 0.806 bits per heavy atom. The highest BCUT2D eigenvalue weighted by atomic mass is 31.2. The number of Topliss-reactive ketones (excluding diaryl/α,β-unsaturated/α-hetero) is 1. The summed E-state index contributed by atoms with van der Waals surface area (Å²) in [6.45, 7) is 8.36. The van der Waals surface area contributed by atoms with Crippen LogP contribution in [0.25, 0.3) is 10.9 Å². The van der Waals surface area contributed by atoms with E-state index in [4.69, 9.17) is 24.3 Å². The number of ether oxygens (including phenoxy) is 2. The van der Waals surface area contributed by atoms with Crippen LogP contribution in [-0.4, -0.2) is 120 Å². The van der Waals surface area contributed by atoms with E-state index in [1.807, 2.05) is 72.6 Å². The topological polar surface area (TPSA) is 263 Å². The number of benzene rings is 3. The zero-order valence-electron chi connectivity index (χ0n) is 41.8. The quantitative estimate of drug-likeness (QED) is 0.0452. The summed E-state index contributed by atoms with van der Waals surface area (Å²) in [6, 6.07) is 21.1. The van der Waals surface area contributed by atoms with Crippen LogP contribution in [0.1, 0.15) is 118 Å². The summed E-state index contributed by atoms with van der Waals surface area (Å²) in [5, 5.41) is 6.05. The molecule has 1 aromatic heterocycles. The Kier molecular flexibility index (Phi) is 17.8. The average molecular weight is 1010 g/mol. The fourth-order valence-corrected chi connectivity index (χ4v) is 9.72. The lowest BCUT2D eigenvalue weighted by Crippen LogP contribution is -2.61. The number of H-pyrrole nitrogens is 1. The molecular weight excluding hydrogens is 948 g/mol. The average Bonchev–Trinajstić information content (AvgIpc) is 3.97. The molecule has 0 aliphatic carbocycles. The number of aromatic nitrogens is 1. The van der Waals surface area contributed by atoms with Crippen molar-refractivity contribution in [2.75, 3.05) is 33.7 Å². The Bertz CT molecular complexity index is 2620. The first-order valence-electron chi connectivity index (χ1n) is 23.9. The molecule has 2 aliphatic heterocycles. The van der Waals surface area contributed by atoms with Crippen LogP contribution in [-0.2, 0) is 51.9 Å². The largest absolute Gasteiger partial charge is 0.438 e. The van der Waals surface area contributed by atoms with Crippen molar-refractivity contribution in [3.63, 3.8) is 0 Å². The van der Waals surface area contributed by atoms with Crippen molar-refractivity contribution in [1.29, 1.82) is 0 Å². The molecule has 2 aliphatic rings. The predicted molar refractivity (Wildman–Crippen MR) is 265 cm³/mol. The van der Waals surface area contributed by atoms with Gasteiger partial charge in [0.2, 0.25) is 31.3 Å². The number of likely N-dealkylation sites (N-methyl/N-ethyl adjacent to an activating group) is 1. The van der Waals surface area contributed by atoms with Gasteiger partial charge >= 0.3 is 19.5 Å². The third kappa shape index (κ3) is 13.9. The van der Waals surface area contributed by atoms with Crippen molar-refractivity contribution in [3.8, 4) is 0 Å². The van der Waals surface area contributed by atoms with E-state index in [-0.39, 0.29) is 54.8 Å². The molecule has 0 radical (unpaired) electrons. The van der Waals surface area contributed by atoms with E-state index in [1.165, 1.54) is 29.2 Å². The molecular formula is C52H65N6O13P. The van der Waals surface area contributed by atoms with Crippen LogP contribution in [0.4, 0.5) is 0 Å². The third-order valence-electron chi connectivity index (χ3n) is 12.6. The molecule has 2 fully saturated rings. The molecule has 4 atom stereocenters. The number of primary amides is 1.